The number of rotatable bonds is 6. The number of amides is 2. The molecule has 0 heterocycles. The normalized spacial score (nSPS) is 9.96. The summed E-state index contributed by atoms with van der Waals surface area (Å²) in [5.41, 5.74) is 1.12. The van der Waals surface area contributed by atoms with Gasteiger partial charge in [-0.2, -0.15) is 0 Å². The van der Waals surface area contributed by atoms with Crippen LogP contribution in [0.5, 0.6) is 0 Å². The van der Waals surface area contributed by atoms with Crippen LogP contribution in [-0.4, -0.2) is 21.9 Å². The highest BCUT2D eigenvalue weighted by Crippen LogP contribution is 2.16. The van der Waals surface area contributed by atoms with E-state index in [4.69, 9.17) is 12.2 Å². The highest BCUT2D eigenvalue weighted by molar-refractivity contribution is 7.80. The van der Waals surface area contributed by atoms with Crippen molar-refractivity contribution in [3.05, 3.63) is 64.2 Å². The molecule has 140 valence electrons. The summed E-state index contributed by atoms with van der Waals surface area (Å²) < 4.78 is 0. The van der Waals surface area contributed by atoms with E-state index in [-0.39, 0.29) is 22.3 Å². The van der Waals surface area contributed by atoms with Crippen molar-refractivity contribution in [2.24, 2.45) is 0 Å². The van der Waals surface area contributed by atoms with E-state index in [0.29, 0.717) is 17.8 Å². The monoisotopic (exact) mass is 386 g/mol. The molecule has 0 bridgehead atoms. The fraction of sp³-hybridized carbons (Fsp3) is 0.167. The summed E-state index contributed by atoms with van der Waals surface area (Å²) in [6, 6.07) is 12.2. The van der Waals surface area contributed by atoms with E-state index < -0.39 is 10.8 Å². The number of thiocarbonyl (C=S) groups is 1. The number of carbonyl (C=O) groups excluding carboxylic acids is 2. The van der Waals surface area contributed by atoms with Crippen molar-refractivity contribution >= 4 is 46.2 Å². The Bertz CT molecular complexity index is 885. The van der Waals surface area contributed by atoms with E-state index >= 15 is 0 Å². The van der Waals surface area contributed by atoms with Crippen LogP contribution in [0.3, 0.4) is 0 Å². The molecule has 0 unspecified atom stereocenters. The van der Waals surface area contributed by atoms with Gasteiger partial charge in [0.05, 0.1) is 4.92 Å². The summed E-state index contributed by atoms with van der Waals surface area (Å²) >= 11 is 5.11. The lowest BCUT2D eigenvalue weighted by Crippen LogP contribution is -2.34. The number of hydrogen-bond donors (Lipinski definition) is 3. The second-order valence-corrected chi connectivity index (χ2v) is 6.00. The molecule has 0 aliphatic carbocycles. The third kappa shape index (κ3) is 6.15. The molecule has 0 atom stereocenters. The first kappa shape index (κ1) is 20.0. The highest BCUT2D eigenvalue weighted by atomic mass is 32.1. The van der Waals surface area contributed by atoms with Gasteiger partial charge in [-0.15, -0.1) is 0 Å². The molecule has 2 rings (SSSR count). The van der Waals surface area contributed by atoms with Gasteiger partial charge in [0.15, 0.2) is 5.11 Å². The standard InChI is InChI=1S/C18H18N4O4S/c1-2-5-16(23)19-13-7-4-8-14(11-13)20-18(27)21-17(24)12-6-3-9-15(10-12)22(25)26/h3-4,6-11H,2,5H2,1H3,(H,19,23)(H2,20,21,24,27). The largest absolute Gasteiger partial charge is 0.332 e. The summed E-state index contributed by atoms with van der Waals surface area (Å²) in [6.45, 7) is 1.92. The van der Waals surface area contributed by atoms with Gasteiger partial charge < -0.3 is 10.6 Å². The van der Waals surface area contributed by atoms with Crippen LogP contribution in [0.25, 0.3) is 0 Å². The Hall–Kier alpha value is -3.33. The van der Waals surface area contributed by atoms with Crippen LogP contribution >= 0.6 is 12.2 Å². The average molecular weight is 386 g/mol. The fourth-order valence-electron chi connectivity index (χ4n) is 2.22. The molecular formula is C18H18N4O4S. The molecule has 27 heavy (non-hydrogen) atoms. The SMILES string of the molecule is CCCC(=O)Nc1cccc(NC(=S)NC(=O)c2cccc([N+](=O)[O-])c2)c1. The summed E-state index contributed by atoms with van der Waals surface area (Å²) in [4.78, 5) is 34.1. The van der Waals surface area contributed by atoms with Gasteiger partial charge in [0.2, 0.25) is 5.91 Å². The minimum atomic E-state index is -0.578. The Morgan fingerprint density at radius 2 is 1.74 bits per heavy atom. The van der Waals surface area contributed by atoms with Gasteiger partial charge in [0, 0.05) is 35.5 Å². The molecule has 2 aromatic rings. The molecule has 0 saturated carbocycles. The van der Waals surface area contributed by atoms with Crippen LogP contribution in [0.4, 0.5) is 17.1 Å². The third-order valence-electron chi connectivity index (χ3n) is 3.43. The van der Waals surface area contributed by atoms with Gasteiger partial charge in [-0.3, -0.25) is 25.0 Å². The van der Waals surface area contributed by atoms with Crippen molar-refractivity contribution in [2.45, 2.75) is 19.8 Å². The van der Waals surface area contributed by atoms with Crippen molar-refractivity contribution < 1.29 is 14.5 Å². The number of carbonyl (C=O) groups is 2. The van der Waals surface area contributed by atoms with E-state index in [9.17, 15) is 19.7 Å². The maximum absolute atomic E-state index is 12.2. The van der Waals surface area contributed by atoms with Crippen LogP contribution in [0.1, 0.15) is 30.1 Å². The van der Waals surface area contributed by atoms with Crippen LogP contribution in [-0.2, 0) is 4.79 Å². The second-order valence-electron chi connectivity index (χ2n) is 5.59. The van der Waals surface area contributed by atoms with Crippen LogP contribution in [0.2, 0.25) is 0 Å². The Kier molecular flexibility index (Phi) is 6.95. The summed E-state index contributed by atoms with van der Waals surface area (Å²) in [5, 5.41) is 18.9. The predicted octanol–water partition coefficient (Wildman–Crippen LogP) is 3.46. The third-order valence-corrected chi connectivity index (χ3v) is 3.63. The zero-order chi connectivity index (χ0) is 19.8. The van der Waals surface area contributed by atoms with Crippen molar-refractivity contribution in [1.29, 1.82) is 0 Å². The van der Waals surface area contributed by atoms with E-state index in [1.807, 2.05) is 6.92 Å². The number of nitro groups is 1. The Balaban J connectivity index is 1.99. The van der Waals surface area contributed by atoms with Crippen molar-refractivity contribution in [2.75, 3.05) is 10.6 Å². The average Bonchev–Trinajstić information content (AvgIpc) is 2.62. The maximum atomic E-state index is 12.2. The van der Waals surface area contributed by atoms with E-state index in [1.54, 1.807) is 24.3 Å². The second kappa shape index (κ2) is 9.39. The first-order chi connectivity index (χ1) is 12.9. The van der Waals surface area contributed by atoms with Gasteiger partial charge in [0.1, 0.15) is 0 Å². The molecule has 2 aromatic carbocycles. The lowest BCUT2D eigenvalue weighted by atomic mass is 10.2. The number of hydrogen-bond acceptors (Lipinski definition) is 5. The molecule has 8 nitrogen and oxygen atoms in total. The summed E-state index contributed by atoms with van der Waals surface area (Å²) in [5.74, 6) is -0.653. The number of anilines is 2. The number of non-ortho nitro benzene ring substituents is 1. The minimum absolute atomic E-state index is 0.0311. The lowest BCUT2D eigenvalue weighted by Gasteiger charge is -2.11. The summed E-state index contributed by atoms with van der Waals surface area (Å²) in [6.07, 6.45) is 1.17. The molecule has 0 aliphatic heterocycles. The molecule has 0 aliphatic rings. The number of nitro benzene ring substituents is 1. The Labute approximate surface area is 161 Å². The van der Waals surface area contributed by atoms with Crippen molar-refractivity contribution in [3.63, 3.8) is 0 Å². The maximum Gasteiger partial charge on any atom is 0.270 e. The predicted molar refractivity (Wildman–Crippen MR) is 107 cm³/mol. The molecule has 0 aromatic heterocycles. The van der Waals surface area contributed by atoms with Crippen molar-refractivity contribution in [1.82, 2.24) is 5.32 Å². The van der Waals surface area contributed by atoms with Gasteiger partial charge >= 0.3 is 0 Å². The zero-order valence-electron chi connectivity index (χ0n) is 14.5. The number of nitrogens with one attached hydrogen (secondary N) is 3. The van der Waals surface area contributed by atoms with Crippen LogP contribution < -0.4 is 16.0 Å². The van der Waals surface area contributed by atoms with E-state index in [0.717, 1.165) is 6.42 Å². The summed E-state index contributed by atoms with van der Waals surface area (Å²) in [7, 11) is 0. The van der Waals surface area contributed by atoms with Gasteiger partial charge in [0.25, 0.3) is 11.6 Å². The fourth-order valence-corrected chi connectivity index (χ4v) is 2.43. The number of benzene rings is 2. The van der Waals surface area contributed by atoms with Crippen molar-refractivity contribution in [3.8, 4) is 0 Å². The smallest absolute Gasteiger partial charge is 0.270 e. The first-order valence-electron chi connectivity index (χ1n) is 8.15. The molecule has 3 N–H and O–H groups in total. The molecule has 2 amide bonds. The molecule has 0 radical (unpaired) electrons. The number of nitrogens with zero attached hydrogens (tertiary/aromatic N) is 1. The quantitative estimate of drug-likeness (QED) is 0.398. The first-order valence-corrected chi connectivity index (χ1v) is 8.56. The molecular weight excluding hydrogens is 368 g/mol. The molecule has 0 saturated heterocycles. The van der Waals surface area contributed by atoms with Gasteiger partial charge in [-0.1, -0.05) is 19.1 Å². The molecule has 0 fully saturated rings. The Morgan fingerprint density at radius 1 is 1.07 bits per heavy atom. The molecule has 0 spiro atoms. The Morgan fingerprint density at radius 3 is 2.41 bits per heavy atom. The topological polar surface area (TPSA) is 113 Å². The van der Waals surface area contributed by atoms with E-state index in [1.165, 1.54) is 24.3 Å². The minimum Gasteiger partial charge on any atom is -0.332 e. The van der Waals surface area contributed by atoms with E-state index in [2.05, 4.69) is 16.0 Å². The highest BCUT2D eigenvalue weighted by Gasteiger charge is 2.13. The lowest BCUT2D eigenvalue weighted by molar-refractivity contribution is -0.384. The van der Waals surface area contributed by atoms with Crippen LogP contribution in [0, 0.1) is 10.1 Å². The van der Waals surface area contributed by atoms with Gasteiger partial charge in [-0.25, -0.2) is 0 Å². The van der Waals surface area contributed by atoms with Gasteiger partial charge in [-0.05, 0) is 42.9 Å². The van der Waals surface area contributed by atoms with Crippen LogP contribution in [0.15, 0.2) is 48.5 Å². The molecule has 9 heteroatoms. The zero-order valence-corrected chi connectivity index (χ0v) is 15.3.